The zero-order chi connectivity index (χ0) is 35.8. The topological polar surface area (TPSA) is 67.4 Å². The van der Waals surface area contributed by atoms with Crippen molar-refractivity contribution in [1.29, 1.82) is 5.26 Å². The molecular weight excluding hydrogens is 670 g/mol. The second-order valence-corrected chi connectivity index (χ2v) is 16.7. The van der Waals surface area contributed by atoms with E-state index in [1.54, 1.807) is 12.1 Å². The highest BCUT2D eigenvalue weighted by molar-refractivity contribution is 7.19. The van der Waals surface area contributed by atoms with Crippen molar-refractivity contribution in [2.45, 2.75) is 0 Å². The molecule has 0 saturated heterocycles. The molecule has 0 saturated carbocycles. The smallest absolute Gasteiger partial charge is 0.238 e. The number of fused-ring (bicyclic) bond motifs is 3. The van der Waals surface area contributed by atoms with E-state index in [9.17, 15) is 9.65 Å². The molecule has 0 bridgehead atoms. The van der Waals surface area contributed by atoms with Crippen molar-refractivity contribution in [1.82, 2.24) is 19.5 Å². The number of benzene rings is 7. The van der Waals surface area contributed by atoms with Crippen LogP contribution in [0.4, 0.5) is 4.39 Å². The zero-order valence-electron chi connectivity index (χ0n) is 28.4. The average Bonchev–Trinajstić information content (AvgIpc) is 3.56. The molecule has 0 aliphatic heterocycles. The summed E-state index contributed by atoms with van der Waals surface area (Å²) in [4.78, 5) is 15.2. The Balaban J connectivity index is 1.33. The van der Waals surface area contributed by atoms with Gasteiger partial charge < -0.3 is 0 Å². The van der Waals surface area contributed by atoms with Crippen molar-refractivity contribution in [3.63, 3.8) is 0 Å². The molecule has 0 unspecified atom stereocenters. The average molecular weight is 700 g/mol. The number of rotatable bonds is 7. The summed E-state index contributed by atoms with van der Waals surface area (Å²) in [5, 5.41) is 16.6. The fourth-order valence-electron chi connectivity index (χ4n) is 7.56. The summed E-state index contributed by atoms with van der Waals surface area (Å²) in [6.45, 7) is 0. The molecule has 53 heavy (non-hydrogen) atoms. The number of hydrogen-bond donors (Lipinski definition) is 0. The first-order valence-electron chi connectivity index (χ1n) is 17.4. The van der Waals surface area contributed by atoms with Crippen molar-refractivity contribution in [3.8, 4) is 34.8 Å². The second kappa shape index (κ2) is 13.3. The number of halogens is 1. The second-order valence-electron chi connectivity index (χ2n) is 12.9. The van der Waals surface area contributed by atoms with E-state index in [4.69, 9.17) is 15.0 Å². The minimum atomic E-state index is -2.85. The molecule has 0 spiro atoms. The predicted molar refractivity (Wildman–Crippen MR) is 213 cm³/mol. The van der Waals surface area contributed by atoms with E-state index in [0.29, 0.717) is 28.7 Å². The Morgan fingerprint density at radius 1 is 0.472 bits per heavy atom. The summed E-state index contributed by atoms with van der Waals surface area (Å²) in [5.74, 6) is 0.839. The zero-order valence-corrected chi connectivity index (χ0v) is 29.4. The summed E-state index contributed by atoms with van der Waals surface area (Å²) in [5.41, 5.74) is 3.66. The fourth-order valence-corrected chi connectivity index (χ4v) is 12.4. The van der Waals surface area contributed by atoms with E-state index in [2.05, 4.69) is 115 Å². The third-order valence-corrected chi connectivity index (χ3v) is 14.7. The molecule has 0 amide bonds. The van der Waals surface area contributed by atoms with Crippen LogP contribution < -0.4 is 20.7 Å². The highest BCUT2D eigenvalue weighted by atomic mass is 28.3. The van der Waals surface area contributed by atoms with Gasteiger partial charge in [-0.3, -0.25) is 4.57 Å². The first-order valence-corrected chi connectivity index (χ1v) is 19.4. The number of nitriles is 1. The maximum absolute atomic E-state index is 14.7. The Kier molecular flexibility index (Phi) is 8.00. The standard InChI is InChI=1S/C46H30FN5Si/c47-35-16-12-14-33(29-35)44-49-45(51-46(50-44)52-42-25-11-10-24-40(42)41-28-32(31-48)26-27-43(41)52)34-15-13-23-39(30-34)53(36-17-4-1-5-18-36,37-19-6-2-7-20-37)38-21-8-3-9-22-38/h1-30H. The van der Waals surface area contributed by atoms with Crippen molar-refractivity contribution in [2.24, 2.45) is 0 Å². The summed E-state index contributed by atoms with van der Waals surface area (Å²) >= 11 is 0. The van der Waals surface area contributed by atoms with Crippen LogP contribution in [-0.4, -0.2) is 27.6 Å². The summed E-state index contributed by atoms with van der Waals surface area (Å²) in [6.07, 6.45) is 0. The van der Waals surface area contributed by atoms with Gasteiger partial charge in [0.15, 0.2) is 19.7 Å². The molecule has 0 aliphatic carbocycles. The minimum absolute atomic E-state index is 0.354. The lowest BCUT2D eigenvalue weighted by atomic mass is 10.1. The molecule has 0 aliphatic rings. The van der Waals surface area contributed by atoms with Gasteiger partial charge in [0.25, 0.3) is 0 Å². The SMILES string of the molecule is N#Cc1ccc2c(c1)c1ccccc1n2-c1nc(-c2cccc(F)c2)nc(-c2cccc([Si](c3ccccc3)(c3ccccc3)c3ccccc3)c2)n1. The summed E-state index contributed by atoms with van der Waals surface area (Å²) < 4.78 is 16.7. The van der Waals surface area contributed by atoms with Crippen LogP contribution in [0.25, 0.3) is 50.5 Å². The predicted octanol–water partition coefficient (Wildman–Crippen LogP) is 7.69. The molecule has 9 aromatic rings. The van der Waals surface area contributed by atoms with Gasteiger partial charge in [-0.25, -0.2) is 9.37 Å². The first-order chi connectivity index (χ1) is 26.1. The van der Waals surface area contributed by atoms with Gasteiger partial charge in [0.1, 0.15) is 5.82 Å². The highest BCUT2D eigenvalue weighted by Crippen LogP contribution is 2.33. The molecule has 7 aromatic carbocycles. The van der Waals surface area contributed by atoms with Crippen molar-refractivity contribution in [3.05, 3.63) is 193 Å². The number of para-hydroxylation sites is 1. The van der Waals surface area contributed by atoms with Crippen LogP contribution in [0.5, 0.6) is 0 Å². The lowest BCUT2D eigenvalue weighted by molar-refractivity contribution is 0.628. The van der Waals surface area contributed by atoms with Crippen molar-refractivity contribution in [2.75, 3.05) is 0 Å². The largest absolute Gasteiger partial charge is 0.278 e. The Hall–Kier alpha value is -7.01. The molecule has 0 radical (unpaired) electrons. The molecular formula is C46H30FN5Si. The van der Waals surface area contributed by atoms with E-state index in [0.717, 1.165) is 27.4 Å². The van der Waals surface area contributed by atoms with Gasteiger partial charge in [-0.2, -0.15) is 15.2 Å². The lowest BCUT2D eigenvalue weighted by Crippen LogP contribution is -2.74. The van der Waals surface area contributed by atoms with E-state index >= 15 is 0 Å². The third-order valence-electron chi connectivity index (χ3n) is 9.88. The summed E-state index contributed by atoms with van der Waals surface area (Å²) in [7, 11) is -2.85. The van der Waals surface area contributed by atoms with Crippen LogP contribution in [0.1, 0.15) is 5.56 Å². The monoisotopic (exact) mass is 699 g/mol. The minimum Gasteiger partial charge on any atom is -0.278 e. The first kappa shape index (κ1) is 31.9. The molecule has 2 heterocycles. The van der Waals surface area contributed by atoms with Gasteiger partial charge in [-0.15, -0.1) is 0 Å². The fraction of sp³-hybridized carbons (Fsp3) is 0. The summed E-state index contributed by atoms with van der Waals surface area (Å²) in [6, 6.07) is 63.1. The maximum Gasteiger partial charge on any atom is 0.238 e. The lowest BCUT2D eigenvalue weighted by Gasteiger charge is -2.34. The number of hydrogen-bond acceptors (Lipinski definition) is 4. The van der Waals surface area contributed by atoms with Gasteiger partial charge in [0, 0.05) is 21.9 Å². The third kappa shape index (κ3) is 5.50. The molecule has 5 nitrogen and oxygen atoms in total. The molecule has 7 heteroatoms. The van der Waals surface area contributed by atoms with Crippen LogP contribution in [-0.2, 0) is 0 Å². The van der Waals surface area contributed by atoms with Crippen LogP contribution in [0.15, 0.2) is 182 Å². The van der Waals surface area contributed by atoms with Crippen LogP contribution >= 0.6 is 0 Å². The van der Waals surface area contributed by atoms with E-state index in [1.807, 2.05) is 53.1 Å². The molecule has 9 rings (SSSR count). The van der Waals surface area contributed by atoms with Gasteiger partial charge in [0.05, 0.1) is 22.7 Å². The van der Waals surface area contributed by atoms with E-state index in [1.165, 1.54) is 32.9 Å². The van der Waals surface area contributed by atoms with Crippen LogP contribution in [0.2, 0.25) is 0 Å². The van der Waals surface area contributed by atoms with Crippen molar-refractivity contribution >= 4 is 50.6 Å². The normalized spacial score (nSPS) is 11.5. The number of aromatic nitrogens is 4. The molecule has 250 valence electrons. The van der Waals surface area contributed by atoms with Gasteiger partial charge >= 0.3 is 0 Å². The maximum atomic E-state index is 14.7. The Bertz CT molecular complexity index is 2720. The Morgan fingerprint density at radius 3 is 1.60 bits per heavy atom. The molecule has 2 aromatic heterocycles. The quantitative estimate of drug-likeness (QED) is 0.126. The molecule has 0 fully saturated rings. The van der Waals surface area contributed by atoms with Gasteiger partial charge in [0.2, 0.25) is 5.95 Å². The van der Waals surface area contributed by atoms with Crippen LogP contribution in [0.3, 0.4) is 0 Å². The Morgan fingerprint density at radius 2 is 1.00 bits per heavy atom. The van der Waals surface area contributed by atoms with Gasteiger partial charge in [-0.05, 0) is 57.1 Å². The van der Waals surface area contributed by atoms with E-state index in [-0.39, 0.29) is 5.82 Å². The Labute approximate surface area is 307 Å². The molecule has 0 N–H and O–H groups in total. The number of nitrogens with zero attached hydrogens (tertiary/aromatic N) is 5. The van der Waals surface area contributed by atoms with Gasteiger partial charge in [-0.1, -0.05) is 146 Å². The van der Waals surface area contributed by atoms with E-state index < -0.39 is 8.07 Å². The van der Waals surface area contributed by atoms with Crippen LogP contribution in [0, 0.1) is 17.1 Å². The molecule has 0 atom stereocenters. The van der Waals surface area contributed by atoms with Crippen molar-refractivity contribution < 1.29 is 4.39 Å². The highest BCUT2D eigenvalue weighted by Gasteiger charge is 2.41.